The van der Waals surface area contributed by atoms with Gasteiger partial charge in [0.2, 0.25) is 0 Å². The maximum Gasteiger partial charge on any atom is 0.122 e. The largest absolute Gasteiger partial charge is 0.493 e. The van der Waals surface area contributed by atoms with Crippen molar-refractivity contribution in [2.45, 2.75) is 45.6 Å². The standard InChI is InChI=1S/C16H25NO/c1-4-6-12(2)16(17-3)14-8-9-15-13(11-14)7-5-10-18-15/h8-9,11-12,16-17H,4-7,10H2,1-3H3. The summed E-state index contributed by atoms with van der Waals surface area (Å²) in [5, 5.41) is 3.47. The first-order valence-electron chi connectivity index (χ1n) is 7.19. The normalized spacial score (nSPS) is 17.7. The van der Waals surface area contributed by atoms with Gasteiger partial charge in [0.25, 0.3) is 0 Å². The molecule has 2 nitrogen and oxygen atoms in total. The third-order valence-electron chi connectivity index (χ3n) is 3.92. The van der Waals surface area contributed by atoms with Crippen molar-refractivity contribution in [2.24, 2.45) is 5.92 Å². The van der Waals surface area contributed by atoms with E-state index in [0.29, 0.717) is 12.0 Å². The average Bonchev–Trinajstić information content (AvgIpc) is 2.40. The fourth-order valence-electron chi connectivity index (χ4n) is 2.98. The summed E-state index contributed by atoms with van der Waals surface area (Å²) in [5.41, 5.74) is 2.78. The van der Waals surface area contributed by atoms with Crippen molar-refractivity contribution in [3.05, 3.63) is 29.3 Å². The number of aryl methyl sites for hydroxylation is 1. The maximum atomic E-state index is 5.68. The van der Waals surface area contributed by atoms with Gasteiger partial charge in [-0.3, -0.25) is 0 Å². The Hall–Kier alpha value is -1.02. The number of fused-ring (bicyclic) bond motifs is 1. The highest BCUT2D eigenvalue weighted by atomic mass is 16.5. The molecule has 1 aromatic rings. The number of rotatable bonds is 5. The highest BCUT2D eigenvalue weighted by Gasteiger charge is 2.19. The highest BCUT2D eigenvalue weighted by Crippen LogP contribution is 2.31. The van der Waals surface area contributed by atoms with E-state index >= 15 is 0 Å². The summed E-state index contributed by atoms with van der Waals surface area (Å²) < 4.78 is 5.68. The summed E-state index contributed by atoms with van der Waals surface area (Å²) >= 11 is 0. The Morgan fingerprint density at radius 2 is 2.22 bits per heavy atom. The maximum absolute atomic E-state index is 5.68. The van der Waals surface area contributed by atoms with Crippen LogP contribution in [0.15, 0.2) is 18.2 Å². The van der Waals surface area contributed by atoms with E-state index in [2.05, 4.69) is 44.4 Å². The molecule has 0 radical (unpaired) electrons. The van der Waals surface area contributed by atoms with Crippen LogP contribution >= 0.6 is 0 Å². The Morgan fingerprint density at radius 1 is 1.39 bits per heavy atom. The molecule has 2 heteroatoms. The lowest BCUT2D eigenvalue weighted by molar-refractivity contribution is 0.287. The van der Waals surface area contributed by atoms with Crippen LogP contribution in [0.25, 0.3) is 0 Å². The molecule has 1 aliphatic rings. The van der Waals surface area contributed by atoms with Crippen LogP contribution < -0.4 is 10.1 Å². The lowest BCUT2D eigenvalue weighted by Crippen LogP contribution is -2.24. The molecule has 0 bridgehead atoms. The highest BCUT2D eigenvalue weighted by molar-refractivity contribution is 5.39. The zero-order valence-electron chi connectivity index (χ0n) is 11.8. The van der Waals surface area contributed by atoms with Crippen LogP contribution in [0.4, 0.5) is 0 Å². The molecule has 0 fully saturated rings. The van der Waals surface area contributed by atoms with Gasteiger partial charge in [0.15, 0.2) is 0 Å². The Morgan fingerprint density at radius 3 is 2.94 bits per heavy atom. The third kappa shape index (κ3) is 2.86. The predicted molar refractivity (Wildman–Crippen MR) is 76.1 cm³/mol. The van der Waals surface area contributed by atoms with Gasteiger partial charge in [-0.25, -0.2) is 0 Å². The van der Waals surface area contributed by atoms with Crippen LogP contribution in [0.5, 0.6) is 5.75 Å². The Bertz CT molecular complexity index is 389. The van der Waals surface area contributed by atoms with E-state index in [-0.39, 0.29) is 0 Å². The molecule has 1 aromatic carbocycles. The fraction of sp³-hybridized carbons (Fsp3) is 0.625. The molecule has 2 unspecified atom stereocenters. The van der Waals surface area contributed by atoms with E-state index in [9.17, 15) is 0 Å². The minimum Gasteiger partial charge on any atom is -0.493 e. The van der Waals surface area contributed by atoms with Crippen molar-refractivity contribution >= 4 is 0 Å². The van der Waals surface area contributed by atoms with Crippen LogP contribution in [0.3, 0.4) is 0 Å². The van der Waals surface area contributed by atoms with Crippen molar-refractivity contribution in [1.29, 1.82) is 0 Å². The number of benzene rings is 1. The molecule has 0 aromatic heterocycles. The van der Waals surface area contributed by atoms with Gasteiger partial charge in [0.05, 0.1) is 6.61 Å². The second-order valence-corrected chi connectivity index (χ2v) is 5.35. The summed E-state index contributed by atoms with van der Waals surface area (Å²) in [4.78, 5) is 0. The first kappa shape index (κ1) is 13.4. The summed E-state index contributed by atoms with van der Waals surface area (Å²) in [6, 6.07) is 7.16. The number of hydrogen-bond donors (Lipinski definition) is 1. The van der Waals surface area contributed by atoms with Gasteiger partial charge in [-0.2, -0.15) is 0 Å². The first-order valence-corrected chi connectivity index (χ1v) is 7.19. The van der Waals surface area contributed by atoms with Crippen molar-refractivity contribution in [2.75, 3.05) is 13.7 Å². The third-order valence-corrected chi connectivity index (χ3v) is 3.92. The molecule has 100 valence electrons. The Kier molecular flexibility index (Phi) is 4.65. The van der Waals surface area contributed by atoms with Gasteiger partial charge in [-0.05, 0) is 49.4 Å². The molecule has 18 heavy (non-hydrogen) atoms. The first-order chi connectivity index (χ1) is 8.76. The molecule has 1 heterocycles. The van der Waals surface area contributed by atoms with Crippen molar-refractivity contribution in [1.82, 2.24) is 5.32 Å². The molecule has 2 rings (SSSR count). The van der Waals surface area contributed by atoms with Crippen LogP contribution in [0, 0.1) is 5.92 Å². The summed E-state index contributed by atoms with van der Waals surface area (Å²) in [5.74, 6) is 1.76. The van der Waals surface area contributed by atoms with E-state index in [1.807, 2.05) is 0 Å². The number of ether oxygens (including phenoxy) is 1. The van der Waals surface area contributed by atoms with E-state index in [4.69, 9.17) is 4.74 Å². The predicted octanol–water partition coefficient (Wildman–Crippen LogP) is 3.71. The molecule has 2 atom stereocenters. The van der Waals surface area contributed by atoms with Crippen LogP contribution in [-0.2, 0) is 6.42 Å². The molecular weight excluding hydrogens is 222 g/mol. The molecule has 0 saturated carbocycles. The molecule has 1 N–H and O–H groups in total. The second kappa shape index (κ2) is 6.24. The molecule has 0 amide bonds. The summed E-state index contributed by atoms with van der Waals surface area (Å²) in [6.45, 7) is 5.46. The number of nitrogens with one attached hydrogen (secondary N) is 1. The van der Waals surface area contributed by atoms with Gasteiger partial charge in [0.1, 0.15) is 5.75 Å². The zero-order chi connectivity index (χ0) is 13.0. The van der Waals surface area contributed by atoms with Crippen molar-refractivity contribution in [3.63, 3.8) is 0 Å². The second-order valence-electron chi connectivity index (χ2n) is 5.35. The van der Waals surface area contributed by atoms with Crippen LogP contribution in [0.1, 0.15) is 50.3 Å². The Labute approximate surface area is 111 Å². The Balaban J connectivity index is 2.20. The van der Waals surface area contributed by atoms with Crippen LogP contribution in [0.2, 0.25) is 0 Å². The van der Waals surface area contributed by atoms with Gasteiger partial charge in [-0.1, -0.05) is 32.4 Å². The minimum atomic E-state index is 0.456. The molecule has 0 saturated heterocycles. The van der Waals surface area contributed by atoms with Gasteiger partial charge < -0.3 is 10.1 Å². The van der Waals surface area contributed by atoms with Crippen molar-refractivity contribution in [3.8, 4) is 5.75 Å². The summed E-state index contributed by atoms with van der Waals surface area (Å²) in [7, 11) is 2.06. The average molecular weight is 247 g/mol. The van der Waals surface area contributed by atoms with Gasteiger partial charge in [0, 0.05) is 6.04 Å². The van der Waals surface area contributed by atoms with E-state index in [1.165, 1.54) is 24.0 Å². The lowest BCUT2D eigenvalue weighted by atomic mass is 9.89. The summed E-state index contributed by atoms with van der Waals surface area (Å²) in [6.07, 6.45) is 4.81. The van der Waals surface area contributed by atoms with E-state index < -0.39 is 0 Å². The quantitative estimate of drug-likeness (QED) is 0.856. The van der Waals surface area contributed by atoms with Crippen LogP contribution in [-0.4, -0.2) is 13.7 Å². The molecule has 1 aliphatic heterocycles. The van der Waals surface area contributed by atoms with E-state index in [0.717, 1.165) is 25.2 Å². The number of hydrogen-bond acceptors (Lipinski definition) is 2. The van der Waals surface area contributed by atoms with Gasteiger partial charge >= 0.3 is 0 Å². The molecule has 0 aliphatic carbocycles. The molecule has 0 spiro atoms. The zero-order valence-corrected chi connectivity index (χ0v) is 11.8. The monoisotopic (exact) mass is 247 g/mol. The fourth-order valence-corrected chi connectivity index (χ4v) is 2.98. The molecular formula is C16H25NO. The smallest absolute Gasteiger partial charge is 0.122 e. The van der Waals surface area contributed by atoms with Crippen molar-refractivity contribution < 1.29 is 4.74 Å². The topological polar surface area (TPSA) is 21.3 Å². The van der Waals surface area contributed by atoms with E-state index in [1.54, 1.807) is 0 Å². The lowest BCUT2D eigenvalue weighted by Gasteiger charge is -2.26. The van der Waals surface area contributed by atoms with Gasteiger partial charge in [-0.15, -0.1) is 0 Å². The SMILES string of the molecule is CCCC(C)C(NC)c1ccc2c(c1)CCCO2. The minimum absolute atomic E-state index is 0.456.